The lowest BCUT2D eigenvalue weighted by Gasteiger charge is -2.34. The van der Waals surface area contributed by atoms with Gasteiger partial charge in [-0.3, -0.25) is 9.79 Å². The molecule has 0 radical (unpaired) electrons. The van der Waals surface area contributed by atoms with Gasteiger partial charge in [-0.15, -0.1) is 24.0 Å². The monoisotopic (exact) mass is 525 g/mol. The van der Waals surface area contributed by atoms with Crippen molar-refractivity contribution in [3.8, 4) is 5.69 Å². The minimum absolute atomic E-state index is 0. The minimum Gasteiger partial charge on any atom is -0.466 e. The molecule has 0 bridgehead atoms. The minimum atomic E-state index is -0.0959. The van der Waals surface area contributed by atoms with Crippen LogP contribution in [0.1, 0.15) is 32.3 Å². The van der Waals surface area contributed by atoms with Crippen LogP contribution in [-0.2, 0) is 16.0 Å². The molecule has 7 nitrogen and oxygen atoms in total. The molecule has 1 aliphatic rings. The van der Waals surface area contributed by atoms with Gasteiger partial charge >= 0.3 is 5.97 Å². The van der Waals surface area contributed by atoms with Crippen molar-refractivity contribution in [2.24, 2.45) is 10.9 Å². The van der Waals surface area contributed by atoms with Gasteiger partial charge in [0.05, 0.1) is 24.4 Å². The largest absolute Gasteiger partial charge is 0.466 e. The van der Waals surface area contributed by atoms with Crippen LogP contribution in [-0.4, -0.2) is 59.4 Å². The maximum absolute atomic E-state index is 12.1. The summed E-state index contributed by atoms with van der Waals surface area (Å²) in [5.74, 6) is 0.704. The van der Waals surface area contributed by atoms with Crippen LogP contribution >= 0.6 is 24.0 Å². The highest BCUT2D eigenvalue weighted by Crippen LogP contribution is 2.18. The summed E-state index contributed by atoms with van der Waals surface area (Å²) in [6, 6.07) is 10.1. The summed E-state index contributed by atoms with van der Waals surface area (Å²) in [6.07, 6.45) is 6.62. The Kier molecular flexibility index (Phi) is 10.1. The Morgan fingerprint density at radius 3 is 2.83 bits per heavy atom. The maximum atomic E-state index is 12.1. The first-order valence-corrected chi connectivity index (χ1v) is 10.5. The Labute approximate surface area is 195 Å². The van der Waals surface area contributed by atoms with E-state index in [-0.39, 0.29) is 35.9 Å². The SMILES string of the molecule is CCNC(=NCCc1cnn(-c2ccccc2)c1)N1CCCC(C(=O)OCC)C1.I. The van der Waals surface area contributed by atoms with Gasteiger partial charge in [0.1, 0.15) is 0 Å². The first-order chi connectivity index (χ1) is 14.2. The lowest BCUT2D eigenvalue weighted by molar-refractivity contribution is -0.149. The molecule has 8 heteroatoms. The Morgan fingerprint density at radius 1 is 1.30 bits per heavy atom. The number of likely N-dealkylation sites (tertiary alicyclic amines) is 1. The third kappa shape index (κ3) is 6.72. The fourth-order valence-corrected chi connectivity index (χ4v) is 3.55. The third-order valence-electron chi connectivity index (χ3n) is 4.99. The average molecular weight is 525 g/mol. The van der Waals surface area contributed by atoms with Gasteiger partial charge in [0.25, 0.3) is 0 Å². The summed E-state index contributed by atoms with van der Waals surface area (Å²) in [7, 11) is 0. The summed E-state index contributed by atoms with van der Waals surface area (Å²) in [4.78, 5) is 19.1. The number of nitrogens with one attached hydrogen (secondary N) is 1. The van der Waals surface area contributed by atoms with Crippen molar-refractivity contribution in [1.82, 2.24) is 20.0 Å². The standard InChI is InChI=1S/C22H31N5O2.HI/c1-3-23-22(26-14-8-9-19(17-26)21(28)29-4-2)24-13-12-18-15-25-27(16-18)20-10-6-5-7-11-20;/h5-7,10-11,15-16,19H,3-4,8-9,12-14,17H2,1-2H3,(H,23,24);1H. The number of hydrogen-bond acceptors (Lipinski definition) is 4. The lowest BCUT2D eigenvalue weighted by atomic mass is 9.98. The highest BCUT2D eigenvalue weighted by atomic mass is 127. The number of nitrogens with zero attached hydrogens (tertiary/aromatic N) is 4. The smallest absolute Gasteiger partial charge is 0.310 e. The van der Waals surface area contributed by atoms with Crippen LogP contribution in [0, 0.1) is 5.92 Å². The molecule has 1 fully saturated rings. The zero-order valence-corrected chi connectivity index (χ0v) is 20.1. The molecule has 0 amide bonds. The second-order valence-corrected chi connectivity index (χ2v) is 7.15. The zero-order chi connectivity index (χ0) is 20.5. The summed E-state index contributed by atoms with van der Waals surface area (Å²) in [5, 5.41) is 7.81. The van der Waals surface area contributed by atoms with Crippen LogP contribution in [0.3, 0.4) is 0 Å². The molecule has 1 saturated heterocycles. The number of ether oxygens (including phenoxy) is 1. The van der Waals surface area contributed by atoms with Crippen molar-refractivity contribution >= 4 is 35.9 Å². The number of para-hydroxylation sites is 1. The Balaban J connectivity index is 0.00000320. The Morgan fingerprint density at radius 2 is 2.10 bits per heavy atom. The normalized spacial score (nSPS) is 16.7. The molecule has 1 aliphatic heterocycles. The third-order valence-corrected chi connectivity index (χ3v) is 4.99. The number of rotatable bonds is 7. The van der Waals surface area contributed by atoms with Gasteiger partial charge < -0.3 is 15.0 Å². The molecular formula is C22H32IN5O2. The van der Waals surface area contributed by atoms with Crippen molar-refractivity contribution < 1.29 is 9.53 Å². The molecule has 0 spiro atoms. The second-order valence-electron chi connectivity index (χ2n) is 7.15. The van der Waals surface area contributed by atoms with E-state index >= 15 is 0 Å². The highest BCUT2D eigenvalue weighted by Gasteiger charge is 2.28. The van der Waals surface area contributed by atoms with E-state index < -0.39 is 0 Å². The summed E-state index contributed by atoms with van der Waals surface area (Å²) in [5.41, 5.74) is 2.20. The molecule has 164 valence electrons. The topological polar surface area (TPSA) is 71.8 Å². The van der Waals surface area contributed by atoms with E-state index in [1.165, 1.54) is 0 Å². The maximum Gasteiger partial charge on any atom is 0.310 e. The fraction of sp³-hybridized carbons (Fsp3) is 0.500. The van der Waals surface area contributed by atoms with Crippen LogP contribution in [0.5, 0.6) is 0 Å². The average Bonchev–Trinajstić information content (AvgIpc) is 3.23. The van der Waals surface area contributed by atoms with Gasteiger partial charge in [-0.05, 0) is 50.8 Å². The predicted molar refractivity (Wildman–Crippen MR) is 130 cm³/mol. The number of carbonyl (C=O) groups is 1. The second kappa shape index (κ2) is 12.6. The van der Waals surface area contributed by atoms with Gasteiger partial charge in [-0.2, -0.15) is 5.10 Å². The Bertz CT molecular complexity index is 809. The first kappa shape index (κ1) is 24.2. The van der Waals surface area contributed by atoms with E-state index in [0.29, 0.717) is 19.7 Å². The van der Waals surface area contributed by atoms with Crippen LogP contribution in [0.15, 0.2) is 47.7 Å². The number of halogens is 1. The van der Waals surface area contributed by atoms with E-state index in [1.807, 2.05) is 48.1 Å². The summed E-state index contributed by atoms with van der Waals surface area (Å²) in [6.45, 7) is 7.38. The van der Waals surface area contributed by atoms with Gasteiger partial charge in [-0.25, -0.2) is 4.68 Å². The summed E-state index contributed by atoms with van der Waals surface area (Å²) >= 11 is 0. The zero-order valence-electron chi connectivity index (χ0n) is 17.8. The van der Waals surface area contributed by atoms with Crippen LogP contribution < -0.4 is 5.32 Å². The molecule has 3 rings (SSSR count). The Hall–Kier alpha value is -2.10. The van der Waals surface area contributed by atoms with Crippen LogP contribution in [0.4, 0.5) is 0 Å². The number of aliphatic imine (C=N–C) groups is 1. The highest BCUT2D eigenvalue weighted by molar-refractivity contribution is 14.0. The van der Waals surface area contributed by atoms with Crippen molar-refractivity contribution in [2.75, 3.05) is 32.8 Å². The fourth-order valence-electron chi connectivity index (χ4n) is 3.55. The van der Waals surface area contributed by atoms with E-state index in [0.717, 1.165) is 49.6 Å². The molecule has 30 heavy (non-hydrogen) atoms. The lowest BCUT2D eigenvalue weighted by Crippen LogP contribution is -2.48. The van der Waals surface area contributed by atoms with Gasteiger partial charge in [0.15, 0.2) is 5.96 Å². The first-order valence-electron chi connectivity index (χ1n) is 10.5. The van der Waals surface area contributed by atoms with Crippen molar-refractivity contribution in [3.05, 3.63) is 48.3 Å². The van der Waals surface area contributed by atoms with E-state index in [2.05, 4.69) is 28.4 Å². The molecule has 1 aromatic carbocycles. The van der Waals surface area contributed by atoms with Gasteiger partial charge in [-0.1, -0.05) is 18.2 Å². The number of carbonyl (C=O) groups excluding carboxylic acids is 1. The molecule has 1 aromatic heterocycles. The number of guanidine groups is 1. The number of benzene rings is 1. The molecular weight excluding hydrogens is 493 g/mol. The van der Waals surface area contributed by atoms with Crippen LogP contribution in [0.2, 0.25) is 0 Å². The van der Waals surface area contributed by atoms with Gasteiger partial charge in [0, 0.05) is 32.4 Å². The van der Waals surface area contributed by atoms with Crippen molar-refractivity contribution in [1.29, 1.82) is 0 Å². The van der Waals surface area contributed by atoms with E-state index in [9.17, 15) is 4.79 Å². The molecule has 2 heterocycles. The van der Waals surface area contributed by atoms with Gasteiger partial charge in [0.2, 0.25) is 0 Å². The van der Waals surface area contributed by atoms with E-state index in [4.69, 9.17) is 9.73 Å². The molecule has 0 saturated carbocycles. The quantitative estimate of drug-likeness (QED) is 0.260. The predicted octanol–water partition coefficient (Wildman–Crippen LogP) is 3.27. The number of aromatic nitrogens is 2. The molecule has 2 aromatic rings. The molecule has 1 unspecified atom stereocenters. The van der Waals surface area contributed by atoms with Crippen molar-refractivity contribution in [3.63, 3.8) is 0 Å². The van der Waals surface area contributed by atoms with Crippen LogP contribution in [0.25, 0.3) is 5.69 Å². The molecule has 1 N–H and O–H groups in total. The molecule has 1 atom stereocenters. The van der Waals surface area contributed by atoms with E-state index in [1.54, 1.807) is 0 Å². The number of esters is 1. The van der Waals surface area contributed by atoms with Crippen molar-refractivity contribution in [2.45, 2.75) is 33.1 Å². The summed E-state index contributed by atoms with van der Waals surface area (Å²) < 4.78 is 7.10. The number of piperidine rings is 1. The number of hydrogen-bond donors (Lipinski definition) is 1. The molecule has 0 aliphatic carbocycles.